The van der Waals surface area contributed by atoms with Gasteiger partial charge in [-0.3, -0.25) is 9.59 Å². The van der Waals surface area contributed by atoms with Crippen LogP contribution in [0.3, 0.4) is 0 Å². The molecule has 1 saturated heterocycles. The number of H-pyrrole nitrogens is 1. The van der Waals surface area contributed by atoms with Crippen LogP contribution < -0.4 is 5.56 Å². The fourth-order valence-electron chi connectivity index (χ4n) is 2.50. The summed E-state index contributed by atoms with van der Waals surface area (Å²) >= 11 is 1.59. The number of hydrogen-bond donors (Lipinski definition) is 1. The van der Waals surface area contributed by atoms with Crippen LogP contribution in [0.5, 0.6) is 0 Å². The maximum atomic E-state index is 12.4. The standard InChI is InChI=1S/C15H17N3O3S/c1-10-16-12(7-14(19)17-10)13-8-18(3-4-21-13)15(20)6-11-2-5-22-9-11/h2,5,7,9,13H,3-4,6,8H2,1H3,(H,16,17,19). The van der Waals surface area contributed by atoms with Gasteiger partial charge in [-0.05, 0) is 29.3 Å². The zero-order chi connectivity index (χ0) is 15.5. The summed E-state index contributed by atoms with van der Waals surface area (Å²) < 4.78 is 5.68. The normalized spacial score (nSPS) is 18.4. The fourth-order valence-corrected chi connectivity index (χ4v) is 3.17. The van der Waals surface area contributed by atoms with Crippen molar-refractivity contribution < 1.29 is 9.53 Å². The number of ether oxygens (including phenoxy) is 1. The molecule has 0 radical (unpaired) electrons. The smallest absolute Gasteiger partial charge is 0.251 e. The van der Waals surface area contributed by atoms with Crippen molar-refractivity contribution in [2.75, 3.05) is 19.7 Å². The number of rotatable bonds is 3. The molecule has 0 bridgehead atoms. The van der Waals surface area contributed by atoms with E-state index in [0.29, 0.717) is 37.6 Å². The number of aromatic amines is 1. The highest BCUT2D eigenvalue weighted by atomic mass is 32.1. The highest BCUT2D eigenvalue weighted by molar-refractivity contribution is 7.07. The summed E-state index contributed by atoms with van der Waals surface area (Å²) in [6, 6.07) is 3.40. The maximum Gasteiger partial charge on any atom is 0.251 e. The lowest BCUT2D eigenvalue weighted by molar-refractivity contribution is -0.138. The van der Waals surface area contributed by atoms with Crippen molar-refractivity contribution >= 4 is 17.2 Å². The average Bonchev–Trinajstić information content (AvgIpc) is 2.99. The van der Waals surface area contributed by atoms with Crippen molar-refractivity contribution in [1.82, 2.24) is 14.9 Å². The molecule has 22 heavy (non-hydrogen) atoms. The van der Waals surface area contributed by atoms with Crippen LogP contribution in [0.1, 0.15) is 23.2 Å². The second-order valence-electron chi connectivity index (χ2n) is 5.26. The molecular weight excluding hydrogens is 302 g/mol. The first-order valence-corrected chi connectivity index (χ1v) is 8.04. The van der Waals surface area contributed by atoms with E-state index in [1.807, 2.05) is 16.8 Å². The molecule has 0 aliphatic carbocycles. The number of aryl methyl sites for hydroxylation is 1. The Morgan fingerprint density at radius 2 is 2.45 bits per heavy atom. The van der Waals surface area contributed by atoms with Gasteiger partial charge in [0, 0.05) is 12.6 Å². The van der Waals surface area contributed by atoms with E-state index in [-0.39, 0.29) is 17.6 Å². The molecule has 7 heteroatoms. The monoisotopic (exact) mass is 319 g/mol. The first kappa shape index (κ1) is 14.9. The predicted molar refractivity (Wildman–Crippen MR) is 82.9 cm³/mol. The maximum absolute atomic E-state index is 12.4. The Morgan fingerprint density at radius 1 is 1.59 bits per heavy atom. The Hall–Kier alpha value is -1.99. The molecule has 0 spiro atoms. The molecule has 1 N–H and O–H groups in total. The summed E-state index contributed by atoms with van der Waals surface area (Å²) in [5.74, 6) is 0.626. The van der Waals surface area contributed by atoms with Crippen LogP contribution in [0.15, 0.2) is 27.7 Å². The molecule has 2 aromatic heterocycles. The third-order valence-corrected chi connectivity index (χ3v) is 4.30. The van der Waals surface area contributed by atoms with E-state index >= 15 is 0 Å². The van der Waals surface area contributed by atoms with Crippen LogP contribution in [-0.2, 0) is 16.0 Å². The van der Waals surface area contributed by atoms with Crippen LogP contribution >= 0.6 is 11.3 Å². The number of hydrogen-bond acceptors (Lipinski definition) is 5. The molecule has 1 atom stereocenters. The summed E-state index contributed by atoms with van der Waals surface area (Å²) in [6.07, 6.45) is 0.0547. The second-order valence-corrected chi connectivity index (χ2v) is 6.04. The van der Waals surface area contributed by atoms with Gasteiger partial charge in [0.25, 0.3) is 5.56 Å². The van der Waals surface area contributed by atoms with Gasteiger partial charge in [0.2, 0.25) is 5.91 Å². The van der Waals surface area contributed by atoms with Gasteiger partial charge < -0.3 is 14.6 Å². The number of nitrogens with one attached hydrogen (secondary N) is 1. The van der Waals surface area contributed by atoms with Crippen molar-refractivity contribution in [2.24, 2.45) is 0 Å². The quantitative estimate of drug-likeness (QED) is 0.925. The Kier molecular flexibility index (Phi) is 4.35. The van der Waals surface area contributed by atoms with Gasteiger partial charge in [-0.1, -0.05) is 0 Å². The van der Waals surface area contributed by atoms with E-state index in [1.165, 1.54) is 6.07 Å². The Bertz CT molecular complexity index is 711. The number of morpholine rings is 1. The number of thiophene rings is 1. The molecule has 1 fully saturated rings. The van der Waals surface area contributed by atoms with E-state index in [1.54, 1.807) is 23.2 Å². The largest absolute Gasteiger partial charge is 0.368 e. The highest BCUT2D eigenvalue weighted by Crippen LogP contribution is 2.20. The number of nitrogens with zero attached hydrogens (tertiary/aromatic N) is 2. The SMILES string of the molecule is Cc1nc(C2CN(C(=O)Cc3ccsc3)CCO2)cc(=O)[nH]1. The molecule has 1 unspecified atom stereocenters. The van der Waals surface area contributed by atoms with E-state index in [0.717, 1.165) is 5.56 Å². The van der Waals surface area contributed by atoms with E-state index < -0.39 is 0 Å². The fraction of sp³-hybridized carbons (Fsp3) is 0.400. The minimum atomic E-state index is -0.346. The number of carbonyl (C=O) groups excluding carboxylic acids is 1. The van der Waals surface area contributed by atoms with E-state index in [9.17, 15) is 9.59 Å². The van der Waals surface area contributed by atoms with Crippen LogP contribution in [0.2, 0.25) is 0 Å². The minimum Gasteiger partial charge on any atom is -0.368 e. The lowest BCUT2D eigenvalue weighted by Gasteiger charge is -2.32. The van der Waals surface area contributed by atoms with Gasteiger partial charge in [-0.15, -0.1) is 0 Å². The zero-order valence-electron chi connectivity index (χ0n) is 12.2. The Balaban J connectivity index is 1.71. The molecule has 1 aliphatic rings. The van der Waals surface area contributed by atoms with E-state index in [2.05, 4.69) is 9.97 Å². The lowest BCUT2D eigenvalue weighted by Crippen LogP contribution is -2.43. The summed E-state index contributed by atoms with van der Waals surface area (Å²) in [6.45, 7) is 3.18. The van der Waals surface area contributed by atoms with Gasteiger partial charge in [0.15, 0.2) is 0 Å². The second kappa shape index (κ2) is 6.41. The van der Waals surface area contributed by atoms with Gasteiger partial charge in [0.05, 0.1) is 25.3 Å². The van der Waals surface area contributed by atoms with Gasteiger partial charge in [-0.2, -0.15) is 11.3 Å². The molecular formula is C15H17N3O3S. The van der Waals surface area contributed by atoms with Gasteiger partial charge >= 0.3 is 0 Å². The molecule has 2 aromatic rings. The Morgan fingerprint density at radius 3 is 3.18 bits per heavy atom. The summed E-state index contributed by atoms with van der Waals surface area (Å²) in [4.78, 5) is 32.6. The minimum absolute atomic E-state index is 0.0771. The molecule has 0 aromatic carbocycles. The molecule has 1 amide bonds. The molecule has 1 aliphatic heterocycles. The van der Waals surface area contributed by atoms with Gasteiger partial charge in [-0.25, -0.2) is 4.98 Å². The van der Waals surface area contributed by atoms with Gasteiger partial charge in [0.1, 0.15) is 11.9 Å². The van der Waals surface area contributed by atoms with Crippen molar-refractivity contribution in [1.29, 1.82) is 0 Å². The van der Waals surface area contributed by atoms with Crippen LogP contribution in [0.25, 0.3) is 0 Å². The van der Waals surface area contributed by atoms with Crippen LogP contribution in [0, 0.1) is 6.92 Å². The van der Waals surface area contributed by atoms with Crippen LogP contribution in [0.4, 0.5) is 0 Å². The predicted octanol–water partition coefficient (Wildman–Crippen LogP) is 1.28. The summed E-state index contributed by atoms with van der Waals surface area (Å²) in [5.41, 5.74) is 1.41. The molecule has 3 rings (SSSR count). The molecule has 116 valence electrons. The zero-order valence-corrected chi connectivity index (χ0v) is 13.1. The summed E-state index contributed by atoms with van der Waals surface area (Å²) in [5, 5.41) is 3.95. The molecule has 0 saturated carbocycles. The third kappa shape index (κ3) is 3.42. The first-order chi connectivity index (χ1) is 10.6. The summed E-state index contributed by atoms with van der Waals surface area (Å²) in [7, 11) is 0. The highest BCUT2D eigenvalue weighted by Gasteiger charge is 2.26. The van der Waals surface area contributed by atoms with E-state index in [4.69, 9.17) is 4.74 Å². The number of amides is 1. The average molecular weight is 319 g/mol. The third-order valence-electron chi connectivity index (χ3n) is 3.56. The molecule has 6 nitrogen and oxygen atoms in total. The first-order valence-electron chi connectivity index (χ1n) is 7.10. The van der Waals surface area contributed by atoms with Crippen molar-refractivity contribution in [2.45, 2.75) is 19.4 Å². The topological polar surface area (TPSA) is 75.3 Å². The van der Waals surface area contributed by atoms with Crippen molar-refractivity contribution in [3.63, 3.8) is 0 Å². The number of aromatic nitrogens is 2. The lowest BCUT2D eigenvalue weighted by atomic mass is 10.1. The van der Waals surface area contributed by atoms with Crippen molar-refractivity contribution in [3.05, 3.63) is 50.3 Å². The molecule has 3 heterocycles. The number of carbonyl (C=O) groups is 1. The van der Waals surface area contributed by atoms with Crippen LogP contribution in [-0.4, -0.2) is 40.5 Å². The Labute approximate surface area is 131 Å². The van der Waals surface area contributed by atoms with Crippen molar-refractivity contribution in [3.8, 4) is 0 Å².